The molecule has 0 aliphatic carbocycles. The van der Waals surface area contributed by atoms with Crippen LogP contribution in [0.1, 0.15) is 21.5 Å². The van der Waals surface area contributed by atoms with E-state index < -0.39 is 0 Å². The fourth-order valence-electron chi connectivity index (χ4n) is 1.86. The van der Waals surface area contributed by atoms with Crippen LogP contribution in [0.3, 0.4) is 0 Å². The highest BCUT2D eigenvalue weighted by Crippen LogP contribution is 2.19. The highest BCUT2D eigenvalue weighted by atomic mass is 32.2. The van der Waals surface area contributed by atoms with Crippen LogP contribution in [-0.2, 0) is 6.54 Å². The van der Waals surface area contributed by atoms with Crippen molar-refractivity contribution in [3.63, 3.8) is 0 Å². The van der Waals surface area contributed by atoms with Gasteiger partial charge in [-0.3, -0.25) is 4.79 Å². The second-order valence-corrected chi connectivity index (χ2v) is 5.04. The molecule has 20 heavy (non-hydrogen) atoms. The second kappa shape index (κ2) is 6.78. The first-order valence-corrected chi connectivity index (χ1v) is 7.37. The molecule has 0 radical (unpaired) electrons. The summed E-state index contributed by atoms with van der Waals surface area (Å²) in [5, 5.41) is 11.7. The first-order valence-electron chi connectivity index (χ1n) is 6.15. The first-order chi connectivity index (χ1) is 9.74. The van der Waals surface area contributed by atoms with Crippen LogP contribution in [0.25, 0.3) is 0 Å². The van der Waals surface area contributed by atoms with E-state index in [-0.39, 0.29) is 5.91 Å². The number of nitrogens with one attached hydrogen (secondary N) is 1. The number of carbonyl (C=O) groups is 1. The molecule has 0 fully saturated rings. The third kappa shape index (κ3) is 3.40. The van der Waals surface area contributed by atoms with Crippen molar-refractivity contribution in [2.75, 3.05) is 6.26 Å². The zero-order valence-electron chi connectivity index (χ0n) is 11.1. The van der Waals surface area contributed by atoms with Crippen molar-refractivity contribution >= 4 is 17.7 Å². The van der Waals surface area contributed by atoms with E-state index in [1.54, 1.807) is 23.9 Å². The van der Waals surface area contributed by atoms with Gasteiger partial charge in [-0.15, -0.1) is 11.8 Å². The highest BCUT2D eigenvalue weighted by Gasteiger charge is 2.09. The molecule has 0 unspecified atom stereocenters. The van der Waals surface area contributed by atoms with Gasteiger partial charge in [0.1, 0.15) is 0 Å². The number of nitriles is 1. The summed E-state index contributed by atoms with van der Waals surface area (Å²) in [6, 6.07) is 16.8. The van der Waals surface area contributed by atoms with Crippen molar-refractivity contribution in [2.24, 2.45) is 0 Å². The summed E-state index contributed by atoms with van der Waals surface area (Å²) in [6.07, 6.45) is 1.95. The normalized spacial score (nSPS) is 9.80. The maximum Gasteiger partial charge on any atom is 0.252 e. The molecular formula is C16H14N2OS. The molecule has 2 rings (SSSR count). The molecule has 0 heterocycles. The number of thioether (sulfide) groups is 1. The third-order valence-corrected chi connectivity index (χ3v) is 3.66. The van der Waals surface area contributed by atoms with Crippen molar-refractivity contribution in [1.82, 2.24) is 5.32 Å². The fourth-order valence-corrected chi connectivity index (χ4v) is 2.46. The monoisotopic (exact) mass is 282 g/mol. The lowest BCUT2D eigenvalue weighted by molar-refractivity contribution is 0.0948. The van der Waals surface area contributed by atoms with E-state index in [1.165, 1.54) is 0 Å². The standard InChI is InChI=1S/C16H14N2OS/c1-20-15-8-3-2-7-14(15)16(19)18-11-13-6-4-5-12(9-13)10-17/h2-9H,11H2,1H3,(H,18,19). The van der Waals surface area contributed by atoms with Gasteiger partial charge >= 0.3 is 0 Å². The Labute approximate surface area is 122 Å². The number of hydrogen-bond donors (Lipinski definition) is 1. The molecule has 0 bridgehead atoms. The van der Waals surface area contributed by atoms with Gasteiger partial charge in [0.2, 0.25) is 0 Å². The summed E-state index contributed by atoms with van der Waals surface area (Å²) < 4.78 is 0. The SMILES string of the molecule is CSc1ccccc1C(=O)NCc1cccc(C#N)c1. The van der Waals surface area contributed by atoms with E-state index in [4.69, 9.17) is 5.26 Å². The minimum atomic E-state index is -0.0997. The Hall–Kier alpha value is -2.25. The molecule has 1 N–H and O–H groups in total. The predicted octanol–water partition coefficient (Wildman–Crippen LogP) is 3.21. The lowest BCUT2D eigenvalue weighted by atomic mass is 10.1. The van der Waals surface area contributed by atoms with Crippen molar-refractivity contribution in [3.05, 3.63) is 65.2 Å². The van der Waals surface area contributed by atoms with Crippen LogP contribution >= 0.6 is 11.8 Å². The van der Waals surface area contributed by atoms with E-state index in [1.807, 2.05) is 42.7 Å². The average molecular weight is 282 g/mol. The number of carbonyl (C=O) groups excluding carboxylic acids is 1. The molecule has 4 heteroatoms. The van der Waals surface area contributed by atoms with Crippen LogP contribution in [-0.4, -0.2) is 12.2 Å². The van der Waals surface area contributed by atoms with Crippen LogP contribution in [0, 0.1) is 11.3 Å². The molecule has 100 valence electrons. The topological polar surface area (TPSA) is 52.9 Å². The highest BCUT2D eigenvalue weighted by molar-refractivity contribution is 7.98. The maximum atomic E-state index is 12.2. The quantitative estimate of drug-likeness (QED) is 0.876. The Balaban J connectivity index is 2.07. The minimum absolute atomic E-state index is 0.0997. The van der Waals surface area contributed by atoms with Crippen LogP contribution in [0.4, 0.5) is 0 Å². The van der Waals surface area contributed by atoms with Gasteiger partial charge in [-0.05, 0) is 36.1 Å². The molecule has 0 saturated carbocycles. The first kappa shape index (κ1) is 14.2. The molecule has 2 aromatic rings. The zero-order valence-corrected chi connectivity index (χ0v) is 11.9. The molecule has 0 aliphatic rings. The Morgan fingerprint density at radius 1 is 1.25 bits per heavy atom. The van der Waals surface area contributed by atoms with E-state index >= 15 is 0 Å². The van der Waals surface area contributed by atoms with Crippen molar-refractivity contribution in [1.29, 1.82) is 5.26 Å². The summed E-state index contributed by atoms with van der Waals surface area (Å²) in [5.74, 6) is -0.0997. The molecule has 0 atom stereocenters. The van der Waals surface area contributed by atoms with Crippen LogP contribution < -0.4 is 5.32 Å². The lowest BCUT2D eigenvalue weighted by Gasteiger charge is -2.08. The molecule has 0 saturated heterocycles. The summed E-state index contributed by atoms with van der Waals surface area (Å²) in [6.45, 7) is 0.414. The number of benzene rings is 2. The molecule has 0 aromatic heterocycles. The van der Waals surface area contributed by atoms with Crippen molar-refractivity contribution in [2.45, 2.75) is 11.4 Å². The largest absolute Gasteiger partial charge is 0.348 e. The van der Waals surface area contributed by atoms with Crippen LogP contribution in [0.5, 0.6) is 0 Å². The van der Waals surface area contributed by atoms with Crippen LogP contribution in [0.15, 0.2) is 53.4 Å². The van der Waals surface area contributed by atoms with E-state index in [2.05, 4.69) is 11.4 Å². The van der Waals surface area contributed by atoms with E-state index in [0.29, 0.717) is 17.7 Å². The summed E-state index contributed by atoms with van der Waals surface area (Å²) in [4.78, 5) is 13.1. The van der Waals surface area contributed by atoms with Gasteiger partial charge in [-0.25, -0.2) is 0 Å². The van der Waals surface area contributed by atoms with E-state index in [0.717, 1.165) is 10.5 Å². The van der Waals surface area contributed by atoms with E-state index in [9.17, 15) is 4.79 Å². The number of rotatable bonds is 4. The number of hydrogen-bond acceptors (Lipinski definition) is 3. The number of nitrogens with zero attached hydrogens (tertiary/aromatic N) is 1. The minimum Gasteiger partial charge on any atom is -0.348 e. The Kier molecular flexibility index (Phi) is 4.80. The van der Waals surface area contributed by atoms with Gasteiger partial charge in [-0.1, -0.05) is 24.3 Å². The van der Waals surface area contributed by atoms with Crippen molar-refractivity contribution in [3.8, 4) is 6.07 Å². The van der Waals surface area contributed by atoms with Gasteiger partial charge in [0.15, 0.2) is 0 Å². The van der Waals surface area contributed by atoms with Gasteiger partial charge in [0, 0.05) is 11.4 Å². The van der Waals surface area contributed by atoms with Gasteiger partial charge < -0.3 is 5.32 Å². The Morgan fingerprint density at radius 2 is 2.05 bits per heavy atom. The van der Waals surface area contributed by atoms with Gasteiger partial charge in [0.25, 0.3) is 5.91 Å². The third-order valence-electron chi connectivity index (χ3n) is 2.86. The summed E-state index contributed by atoms with van der Waals surface area (Å²) in [5.41, 5.74) is 2.19. The van der Waals surface area contributed by atoms with Gasteiger partial charge in [0.05, 0.1) is 17.2 Å². The number of amides is 1. The molecule has 3 nitrogen and oxygen atoms in total. The Morgan fingerprint density at radius 3 is 2.80 bits per heavy atom. The summed E-state index contributed by atoms with van der Waals surface area (Å²) in [7, 11) is 0. The molecule has 2 aromatic carbocycles. The zero-order chi connectivity index (χ0) is 14.4. The summed E-state index contributed by atoms with van der Waals surface area (Å²) >= 11 is 1.55. The molecule has 0 spiro atoms. The lowest BCUT2D eigenvalue weighted by Crippen LogP contribution is -2.23. The average Bonchev–Trinajstić information content (AvgIpc) is 2.52. The molecule has 0 aliphatic heterocycles. The smallest absolute Gasteiger partial charge is 0.252 e. The van der Waals surface area contributed by atoms with Gasteiger partial charge in [-0.2, -0.15) is 5.26 Å². The second-order valence-electron chi connectivity index (χ2n) is 4.20. The molecule has 1 amide bonds. The predicted molar refractivity (Wildman–Crippen MR) is 80.6 cm³/mol. The van der Waals surface area contributed by atoms with Crippen LogP contribution in [0.2, 0.25) is 0 Å². The Bertz CT molecular complexity index is 662. The fraction of sp³-hybridized carbons (Fsp3) is 0.125. The molecular weight excluding hydrogens is 268 g/mol. The maximum absolute atomic E-state index is 12.2. The van der Waals surface area contributed by atoms with Crippen molar-refractivity contribution < 1.29 is 4.79 Å².